The largest absolute Gasteiger partial charge is 0.449 e. The van der Waals surface area contributed by atoms with E-state index in [-0.39, 0.29) is 21.9 Å². The average Bonchev–Trinajstić information content (AvgIpc) is 2.57. The number of amides is 2. The molecule has 0 aliphatic heterocycles. The summed E-state index contributed by atoms with van der Waals surface area (Å²) in [6.45, 7) is 24.3. The van der Waals surface area contributed by atoms with Gasteiger partial charge in [-0.15, -0.1) is 0 Å². The zero-order valence-corrected chi connectivity index (χ0v) is 25.2. The standard InChI is InChI=1S/C28H56N4O4/c1-23(2,19-35-21(33)31-27(9,10)17-25(5,6)29)15-13-14-16-24(3,4)20-36-22(34)32-28(11,12)18-26(7,8)30/h13-14H,15-20,29-30H2,1-12H3,(H,31,33)(H,32,34)/b14-13+. The Morgan fingerprint density at radius 3 is 1.14 bits per heavy atom. The van der Waals surface area contributed by atoms with Gasteiger partial charge in [0.1, 0.15) is 0 Å². The first kappa shape index (κ1) is 34.2. The van der Waals surface area contributed by atoms with Crippen molar-refractivity contribution >= 4 is 12.2 Å². The van der Waals surface area contributed by atoms with Gasteiger partial charge in [0.15, 0.2) is 0 Å². The fourth-order valence-electron chi connectivity index (χ4n) is 4.44. The van der Waals surface area contributed by atoms with Crippen LogP contribution in [-0.4, -0.2) is 47.6 Å². The second-order valence-corrected chi connectivity index (χ2v) is 14.7. The summed E-state index contributed by atoms with van der Waals surface area (Å²) in [5, 5.41) is 5.82. The summed E-state index contributed by atoms with van der Waals surface area (Å²) in [5.41, 5.74) is 10.1. The fourth-order valence-corrected chi connectivity index (χ4v) is 4.44. The highest BCUT2D eigenvalue weighted by Gasteiger charge is 2.30. The van der Waals surface area contributed by atoms with Gasteiger partial charge in [-0.3, -0.25) is 0 Å². The first-order chi connectivity index (χ1) is 15.8. The van der Waals surface area contributed by atoms with E-state index in [4.69, 9.17) is 20.9 Å². The van der Waals surface area contributed by atoms with Crippen LogP contribution in [0.5, 0.6) is 0 Å². The summed E-state index contributed by atoms with van der Waals surface area (Å²) >= 11 is 0. The molecule has 0 heterocycles. The molecule has 0 rings (SSSR count). The van der Waals surface area contributed by atoms with Crippen LogP contribution in [0.15, 0.2) is 12.2 Å². The Hall–Kier alpha value is -1.80. The Labute approximate surface area is 220 Å². The molecule has 0 aromatic carbocycles. The molecule has 0 bridgehead atoms. The molecule has 8 heteroatoms. The molecule has 0 unspecified atom stereocenters. The van der Waals surface area contributed by atoms with Crippen LogP contribution in [0.4, 0.5) is 9.59 Å². The van der Waals surface area contributed by atoms with Crippen LogP contribution in [0.1, 0.15) is 109 Å². The maximum absolute atomic E-state index is 12.3. The number of ether oxygens (including phenoxy) is 2. The molecule has 0 aromatic heterocycles. The number of rotatable bonds is 14. The molecule has 36 heavy (non-hydrogen) atoms. The average molecular weight is 513 g/mol. The highest BCUT2D eigenvalue weighted by atomic mass is 16.6. The van der Waals surface area contributed by atoms with Gasteiger partial charge >= 0.3 is 12.2 Å². The monoisotopic (exact) mass is 512 g/mol. The maximum Gasteiger partial charge on any atom is 0.407 e. The second kappa shape index (κ2) is 12.6. The van der Waals surface area contributed by atoms with Gasteiger partial charge in [0.05, 0.1) is 13.2 Å². The van der Waals surface area contributed by atoms with Crippen LogP contribution in [-0.2, 0) is 9.47 Å². The molecule has 0 spiro atoms. The molecule has 0 saturated carbocycles. The molecule has 6 N–H and O–H groups in total. The van der Waals surface area contributed by atoms with Gasteiger partial charge in [0.2, 0.25) is 0 Å². The van der Waals surface area contributed by atoms with E-state index in [0.717, 1.165) is 12.8 Å². The third kappa shape index (κ3) is 18.5. The number of nitrogens with one attached hydrogen (secondary N) is 2. The molecule has 212 valence electrons. The Morgan fingerprint density at radius 1 is 0.611 bits per heavy atom. The van der Waals surface area contributed by atoms with Gasteiger partial charge in [-0.1, -0.05) is 39.8 Å². The maximum atomic E-state index is 12.3. The van der Waals surface area contributed by atoms with E-state index in [1.807, 2.05) is 55.4 Å². The van der Waals surface area contributed by atoms with Crippen molar-refractivity contribution in [2.75, 3.05) is 13.2 Å². The second-order valence-electron chi connectivity index (χ2n) is 14.7. The predicted molar refractivity (Wildman–Crippen MR) is 149 cm³/mol. The molecule has 8 nitrogen and oxygen atoms in total. The van der Waals surface area contributed by atoms with E-state index in [0.29, 0.717) is 26.1 Å². The van der Waals surface area contributed by atoms with Crippen LogP contribution in [0.3, 0.4) is 0 Å². The number of alkyl carbamates (subject to hydrolysis) is 2. The quantitative estimate of drug-likeness (QED) is 0.223. The van der Waals surface area contributed by atoms with E-state index >= 15 is 0 Å². The summed E-state index contributed by atoms with van der Waals surface area (Å²) in [6, 6.07) is 0. The van der Waals surface area contributed by atoms with E-state index < -0.39 is 23.3 Å². The van der Waals surface area contributed by atoms with Crippen LogP contribution in [0.25, 0.3) is 0 Å². The molecule has 0 aliphatic carbocycles. The summed E-state index contributed by atoms with van der Waals surface area (Å²) in [6.07, 6.45) is 6.08. The molecule has 0 aromatic rings. The minimum Gasteiger partial charge on any atom is -0.449 e. The van der Waals surface area contributed by atoms with Gasteiger partial charge in [0, 0.05) is 33.0 Å². The summed E-state index contributed by atoms with van der Waals surface area (Å²) in [4.78, 5) is 24.6. The van der Waals surface area contributed by atoms with Crippen LogP contribution >= 0.6 is 0 Å². The lowest BCUT2D eigenvalue weighted by molar-refractivity contribution is 0.0888. The number of nitrogens with two attached hydrogens (primary N) is 2. The van der Waals surface area contributed by atoms with Gasteiger partial charge in [-0.25, -0.2) is 9.59 Å². The minimum atomic E-state index is -0.458. The topological polar surface area (TPSA) is 129 Å². The van der Waals surface area contributed by atoms with Gasteiger partial charge in [-0.05, 0) is 81.1 Å². The molecule has 0 saturated heterocycles. The van der Waals surface area contributed by atoms with Crippen LogP contribution in [0.2, 0.25) is 0 Å². The van der Waals surface area contributed by atoms with E-state index in [1.165, 1.54) is 0 Å². The van der Waals surface area contributed by atoms with Crippen LogP contribution < -0.4 is 22.1 Å². The summed E-state index contributed by atoms with van der Waals surface area (Å²) in [5.74, 6) is 0. The van der Waals surface area contributed by atoms with Gasteiger partial charge in [0.25, 0.3) is 0 Å². The summed E-state index contributed by atoms with van der Waals surface area (Å²) < 4.78 is 11.0. The van der Waals surface area contributed by atoms with Crippen molar-refractivity contribution in [1.29, 1.82) is 0 Å². The SMILES string of the molecule is CC(C)(N)CC(C)(C)NC(=O)OCC(C)(C)C/C=C/CC(C)(C)COC(=O)NC(C)(C)CC(C)(C)N. The lowest BCUT2D eigenvalue weighted by Gasteiger charge is -2.33. The number of hydrogen-bond donors (Lipinski definition) is 4. The fraction of sp³-hybridized carbons (Fsp3) is 0.857. The highest BCUT2D eigenvalue weighted by molar-refractivity contribution is 5.68. The van der Waals surface area contributed by atoms with Crippen molar-refractivity contribution in [2.24, 2.45) is 22.3 Å². The number of carbonyl (C=O) groups is 2. The van der Waals surface area contributed by atoms with E-state index in [2.05, 4.69) is 50.5 Å². The Bertz CT molecular complexity index is 680. The zero-order chi connectivity index (χ0) is 28.6. The lowest BCUT2D eigenvalue weighted by Crippen LogP contribution is -2.51. The number of allylic oxidation sites excluding steroid dienone is 2. The molecule has 0 atom stereocenters. The molecular weight excluding hydrogens is 456 g/mol. The molecule has 0 aliphatic rings. The number of carbonyl (C=O) groups excluding carboxylic acids is 2. The Balaban J connectivity index is 4.53. The van der Waals surface area contributed by atoms with E-state index in [9.17, 15) is 9.59 Å². The molecule has 0 fully saturated rings. The van der Waals surface area contributed by atoms with Gasteiger partial charge in [-0.2, -0.15) is 0 Å². The van der Waals surface area contributed by atoms with Crippen molar-refractivity contribution in [3.05, 3.63) is 12.2 Å². The van der Waals surface area contributed by atoms with E-state index in [1.54, 1.807) is 0 Å². The zero-order valence-electron chi connectivity index (χ0n) is 25.2. The van der Waals surface area contributed by atoms with Gasteiger partial charge < -0.3 is 31.6 Å². The third-order valence-corrected chi connectivity index (χ3v) is 5.37. The van der Waals surface area contributed by atoms with Crippen molar-refractivity contribution in [2.45, 2.75) is 131 Å². The first-order valence-corrected chi connectivity index (χ1v) is 12.9. The van der Waals surface area contributed by atoms with Crippen molar-refractivity contribution in [1.82, 2.24) is 10.6 Å². The van der Waals surface area contributed by atoms with Crippen molar-refractivity contribution in [3.8, 4) is 0 Å². The first-order valence-electron chi connectivity index (χ1n) is 12.9. The number of hydrogen-bond acceptors (Lipinski definition) is 6. The molecular formula is C28H56N4O4. The normalized spacial score (nSPS) is 14.1. The Kier molecular flexibility index (Phi) is 12.0. The third-order valence-electron chi connectivity index (χ3n) is 5.37. The predicted octanol–water partition coefficient (Wildman–Crippen LogP) is 5.64. The lowest BCUT2D eigenvalue weighted by atomic mass is 9.87. The minimum absolute atomic E-state index is 0.214. The smallest absolute Gasteiger partial charge is 0.407 e. The molecule has 0 radical (unpaired) electrons. The van der Waals surface area contributed by atoms with Crippen molar-refractivity contribution < 1.29 is 19.1 Å². The van der Waals surface area contributed by atoms with Crippen molar-refractivity contribution in [3.63, 3.8) is 0 Å². The highest BCUT2D eigenvalue weighted by Crippen LogP contribution is 2.25. The molecule has 2 amide bonds. The Morgan fingerprint density at radius 2 is 0.889 bits per heavy atom. The van der Waals surface area contributed by atoms with Crippen LogP contribution in [0, 0.1) is 10.8 Å². The summed E-state index contributed by atoms with van der Waals surface area (Å²) in [7, 11) is 0.